The van der Waals surface area contributed by atoms with Crippen molar-refractivity contribution in [1.82, 2.24) is 5.32 Å². The van der Waals surface area contributed by atoms with E-state index in [1.165, 1.54) is 4.88 Å². The highest BCUT2D eigenvalue weighted by molar-refractivity contribution is 7.16. The van der Waals surface area contributed by atoms with Gasteiger partial charge in [-0.3, -0.25) is 0 Å². The molecule has 0 spiro atoms. The molecule has 0 aromatic carbocycles. The first-order valence-corrected chi connectivity index (χ1v) is 6.01. The number of hydrogen-bond acceptors (Lipinski definition) is 3. The third-order valence-electron chi connectivity index (χ3n) is 2.65. The molecule has 1 aliphatic rings. The number of hydrogen-bond donors (Lipinski definition) is 1. The topological polar surface area (TPSA) is 21.3 Å². The van der Waals surface area contributed by atoms with Crippen molar-refractivity contribution in [2.75, 3.05) is 20.3 Å². The average molecular weight is 232 g/mol. The van der Waals surface area contributed by atoms with Gasteiger partial charge in [-0.15, -0.1) is 11.3 Å². The van der Waals surface area contributed by atoms with Gasteiger partial charge in [0.1, 0.15) is 0 Å². The van der Waals surface area contributed by atoms with Crippen molar-refractivity contribution < 1.29 is 4.74 Å². The lowest BCUT2D eigenvalue weighted by atomic mass is 9.98. The van der Waals surface area contributed by atoms with Gasteiger partial charge in [0.25, 0.3) is 0 Å². The SMILES string of the molecule is CNC(c1ccc(Cl)s1)C1CCOC1. The molecule has 1 aliphatic heterocycles. The molecule has 0 radical (unpaired) electrons. The molecule has 78 valence electrons. The lowest BCUT2D eigenvalue weighted by molar-refractivity contribution is 0.178. The Morgan fingerprint density at radius 1 is 1.64 bits per heavy atom. The summed E-state index contributed by atoms with van der Waals surface area (Å²) in [5, 5.41) is 3.35. The van der Waals surface area contributed by atoms with E-state index in [1.807, 2.05) is 13.1 Å². The van der Waals surface area contributed by atoms with Crippen molar-refractivity contribution in [1.29, 1.82) is 0 Å². The minimum Gasteiger partial charge on any atom is -0.381 e. The molecular formula is C10H14ClNOS. The second kappa shape index (κ2) is 4.62. The maximum absolute atomic E-state index is 5.93. The van der Waals surface area contributed by atoms with Gasteiger partial charge in [0.05, 0.1) is 10.9 Å². The molecule has 1 saturated heterocycles. The molecule has 1 N–H and O–H groups in total. The van der Waals surface area contributed by atoms with E-state index in [4.69, 9.17) is 16.3 Å². The van der Waals surface area contributed by atoms with Gasteiger partial charge < -0.3 is 10.1 Å². The van der Waals surface area contributed by atoms with Gasteiger partial charge >= 0.3 is 0 Å². The van der Waals surface area contributed by atoms with Gasteiger partial charge in [0, 0.05) is 23.4 Å². The molecule has 1 fully saturated rings. The zero-order chi connectivity index (χ0) is 9.97. The van der Waals surface area contributed by atoms with Crippen LogP contribution in [0.25, 0.3) is 0 Å². The van der Waals surface area contributed by atoms with E-state index in [9.17, 15) is 0 Å². The van der Waals surface area contributed by atoms with Crippen LogP contribution in [0.4, 0.5) is 0 Å². The highest BCUT2D eigenvalue weighted by Crippen LogP contribution is 2.34. The van der Waals surface area contributed by atoms with E-state index < -0.39 is 0 Å². The molecule has 1 aromatic rings. The number of ether oxygens (including phenoxy) is 1. The molecule has 0 amide bonds. The van der Waals surface area contributed by atoms with Gasteiger partial charge in [-0.05, 0) is 25.6 Å². The Hall–Kier alpha value is -0.0900. The minimum atomic E-state index is 0.398. The first-order chi connectivity index (χ1) is 6.81. The van der Waals surface area contributed by atoms with Crippen LogP contribution in [-0.4, -0.2) is 20.3 Å². The van der Waals surface area contributed by atoms with Crippen LogP contribution in [0.3, 0.4) is 0 Å². The van der Waals surface area contributed by atoms with E-state index in [2.05, 4.69) is 11.4 Å². The van der Waals surface area contributed by atoms with Gasteiger partial charge in [-0.1, -0.05) is 11.6 Å². The second-order valence-electron chi connectivity index (χ2n) is 3.53. The number of halogens is 1. The lowest BCUT2D eigenvalue weighted by Crippen LogP contribution is -2.24. The van der Waals surface area contributed by atoms with Crippen LogP contribution in [0.1, 0.15) is 17.3 Å². The largest absolute Gasteiger partial charge is 0.381 e. The van der Waals surface area contributed by atoms with Gasteiger partial charge in [0.2, 0.25) is 0 Å². The van der Waals surface area contributed by atoms with Gasteiger partial charge in [-0.2, -0.15) is 0 Å². The first-order valence-electron chi connectivity index (χ1n) is 4.81. The summed E-state index contributed by atoms with van der Waals surface area (Å²) in [5.41, 5.74) is 0. The Bertz CT molecular complexity index is 296. The molecule has 0 bridgehead atoms. The van der Waals surface area contributed by atoms with Crippen LogP contribution in [0.5, 0.6) is 0 Å². The summed E-state index contributed by atoms with van der Waals surface area (Å²) in [6.45, 7) is 1.75. The summed E-state index contributed by atoms with van der Waals surface area (Å²) < 4.78 is 6.26. The van der Waals surface area contributed by atoms with Crippen LogP contribution >= 0.6 is 22.9 Å². The van der Waals surface area contributed by atoms with Crippen LogP contribution in [0.15, 0.2) is 12.1 Å². The third kappa shape index (κ3) is 2.11. The first kappa shape index (κ1) is 10.4. The molecule has 2 rings (SSSR count). The zero-order valence-corrected chi connectivity index (χ0v) is 9.70. The Labute approximate surface area is 93.2 Å². The van der Waals surface area contributed by atoms with Crippen molar-refractivity contribution in [2.45, 2.75) is 12.5 Å². The van der Waals surface area contributed by atoms with Crippen LogP contribution in [0.2, 0.25) is 4.34 Å². The standard InChI is InChI=1S/C10H14ClNOS/c1-12-10(7-4-5-13-6-7)8-2-3-9(11)14-8/h2-3,7,10,12H,4-6H2,1H3. The minimum absolute atomic E-state index is 0.398. The molecule has 2 atom stereocenters. The van der Waals surface area contributed by atoms with E-state index in [-0.39, 0.29) is 0 Å². The van der Waals surface area contributed by atoms with E-state index in [1.54, 1.807) is 11.3 Å². The van der Waals surface area contributed by atoms with Gasteiger partial charge in [0.15, 0.2) is 0 Å². The molecule has 1 aromatic heterocycles. The maximum atomic E-state index is 5.93. The van der Waals surface area contributed by atoms with Crippen molar-refractivity contribution in [3.8, 4) is 0 Å². The molecule has 2 nitrogen and oxygen atoms in total. The van der Waals surface area contributed by atoms with E-state index >= 15 is 0 Å². The Morgan fingerprint density at radius 3 is 3.00 bits per heavy atom. The smallest absolute Gasteiger partial charge is 0.0931 e. The molecule has 0 saturated carbocycles. The fourth-order valence-corrected chi connectivity index (χ4v) is 3.19. The maximum Gasteiger partial charge on any atom is 0.0931 e. The number of thiophene rings is 1. The van der Waals surface area contributed by atoms with Crippen LogP contribution in [0, 0.1) is 5.92 Å². The summed E-state index contributed by atoms with van der Waals surface area (Å²) in [4.78, 5) is 1.31. The fourth-order valence-electron chi connectivity index (χ4n) is 1.92. The molecule has 14 heavy (non-hydrogen) atoms. The molecule has 0 aliphatic carbocycles. The predicted molar refractivity (Wildman–Crippen MR) is 60.1 cm³/mol. The summed E-state index contributed by atoms with van der Waals surface area (Å²) in [6, 6.07) is 4.46. The highest BCUT2D eigenvalue weighted by atomic mass is 35.5. The number of nitrogens with one attached hydrogen (secondary N) is 1. The van der Waals surface area contributed by atoms with Crippen molar-refractivity contribution in [2.24, 2.45) is 5.92 Å². The quantitative estimate of drug-likeness (QED) is 0.864. The summed E-state index contributed by atoms with van der Waals surface area (Å²) >= 11 is 7.58. The molecule has 2 unspecified atom stereocenters. The predicted octanol–water partition coefficient (Wildman–Crippen LogP) is 2.70. The van der Waals surface area contributed by atoms with Crippen molar-refractivity contribution in [3.05, 3.63) is 21.3 Å². The van der Waals surface area contributed by atoms with Gasteiger partial charge in [-0.25, -0.2) is 0 Å². The van der Waals surface area contributed by atoms with Crippen LogP contribution < -0.4 is 5.32 Å². The zero-order valence-electron chi connectivity index (χ0n) is 8.13. The Morgan fingerprint density at radius 2 is 2.50 bits per heavy atom. The number of rotatable bonds is 3. The van der Waals surface area contributed by atoms with E-state index in [0.717, 1.165) is 24.0 Å². The van der Waals surface area contributed by atoms with Crippen LogP contribution in [-0.2, 0) is 4.74 Å². The Balaban J connectivity index is 2.12. The second-order valence-corrected chi connectivity index (χ2v) is 5.28. The molecular weight excluding hydrogens is 218 g/mol. The molecule has 2 heterocycles. The van der Waals surface area contributed by atoms with E-state index in [0.29, 0.717) is 12.0 Å². The fraction of sp³-hybridized carbons (Fsp3) is 0.600. The average Bonchev–Trinajstić information content (AvgIpc) is 2.79. The molecule has 4 heteroatoms. The Kier molecular flexibility index (Phi) is 3.44. The normalized spacial score (nSPS) is 24.0. The lowest BCUT2D eigenvalue weighted by Gasteiger charge is -2.20. The highest BCUT2D eigenvalue weighted by Gasteiger charge is 2.26. The summed E-state index contributed by atoms with van der Waals surface area (Å²) in [5.74, 6) is 0.592. The van der Waals surface area contributed by atoms with Crippen molar-refractivity contribution >= 4 is 22.9 Å². The summed E-state index contributed by atoms with van der Waals surface area (Å²) in [7, 11) is 2.00. The van der Waals surface area contributed by atoms with Crippen molar-refractivity contribution in [3.63, 3.8) is 0 Å². The summed E-state index contributed by atoms with van der Waals surface area (Å²) in [6.07, 6.45) is 1.14. The monoisotopic (exact) mass is 231 g/mol. The third-order valence-corrected chi connectivity index (χ3v) is 3.96.